The Balaban J connectivity index is 1.76. The summed E-state index contributed by atoms with van der Waals surface area (Å²) in [5.41, 5.74) is 2.38. The van der Waals surface area contributed by atoms with E-state index in [0.29, 0.717) is 0 Å². The number of hydrogen-bond donors (Lipinski definition) is 1. The van der Waals surface area contributed by atoms with E-state index in [9.17, 15) is 0 Å². The lowest BCUT2D eigenvalue weighted by atomic mass is 10.3. The molecule has 0 saturated carbocycles. The van der Waals surface area contributed by atoms with E-state index in [-0.39, 0.29) is 0 Å². The molecule has 2 aromatic rings. The molecular formula is C12H19N5. The largest absolute Gasteiger partial charge is 0.336 e. The van der Waals surface area contributed by atoms with Gasteiger partial charge in [-0.1, -0.05) is 6.92 Å². The molecule has 1 N–H and O–H groups in total. The van der Waals surface area contributed by atoms with Gasteiger partial charge in [-0.05, 0) is 12.5 Å². The van der Waals surface area contributed by atoms with E-state index in [1.165, 1.54) is 5.69 Å². The highest BCUT2D eigenvalue weighted by Gasteiger charge is 2.02. The molecule has 0 aliphatic rings. The first-order valence-electron chi connectivity index (χ1n) is 5.98. The Morgan fingerprint density at radius 3 is 2.94 bits per heavy atom. The summed E-state index contributed by atoms with van der Waals surface area (Å²) in [4.78, 5) is 4.01. The van der Waals surface area contributed by atoms with Crippen LogP contribution in [0.4, 0.5) is 0 Å². The minimum Gasteiger partial charge on any atom is -0.336 e. The van der Waals surface area contributed by atoms with E-state index >= 15 is 0 Å². The Bertz CT molecular complexity index is 443. The van der Waals surface area contributed by atoms with Gasteiger partial charge in [-0.3, -0.25) is 4.68 Å². The Morgan fingerprint density at radius 1 is 1.41 bits per heavy atom. The van der Waals surface area contributed by atoms with Gasteiger partial charge in [0.2, 0.25) is 0 Å². The van der Waals surface area contributed by atoms with Gasteiger partial charge in [-0.2, -0.15) is 5.10 Å². The van der Waals surface area contributed by atoms with Crippen molar-refractivity contribution in [3.8, 4) is 0 Å². The number of hydrogen-bond acceptors (Lipinski definition) is 3. The average Bonchev–Trinajstić information content (AvgIpc) is 2.94. The number of nitrogens with zero attached hydrogens (tertiary/aromatic N) is 4. The molecule has 0 radical (unpaired) electrons. The quantitative estimate of drug-likeness (QED) is 0.756. The van der Waals surface area contributed by atoms with Gasteiger partial charge in [0.1, 0.15) is 0 Å². The Morgan fingerprint density at radius 2 is 2.29 bits per heavy atom. The molecular weight excluding hydrogens is 214 g/mol. The number of nitrogens with one attached hydrogen (secondary N) is 1. The van der Waals surface area contributed by atoms with Crippen molar-refractivity contribution in [2.75, 3.05) is 6.54 Å². The third kappa shape index (κ3) is 3.17. The van der Waals surface area contributed by atoms with Crippen LogP contribution in [0.2, 0.25) is 0 Å². The molecule has 5 heteroatoms. The highest BCUT2D eigenvalue weighted by atomic mass is 15.3. The molecule has 0 aromatic carbocycles. The molecule has 5 nitrogen and oxygen atoms in total. The standard InChI is InChI=1S/C12H19N5/c1-3-11-8-12(16(2)15-11)9-13-4-6-17-7-5-14-10-17/h5,7-8,10,13H,3-4,6,9H2,1-2H3. The van der Waals surface area contributed by atoms with Crippen LogP contribution in [0.1, 0.15) is 18.3 Å². The first-order valence-corrected chi connectivity index (χ1v) is 5.98. The summed E-state index contributed by atoms with van der Waals surface area (Å²) in [5.74, 6) is 0. The Kier molecular flexibility index (Phi) is 3.93. The van der Waals surface area contributed by atoms with Gasteiger partial charge in [0.15, 0.2) is 0 Å². The SMILES string of the molecule is CCc1cc(CNCCn2ccnc2)n(C)n1. The summed E-state index contributed by atoms with van der Waals surface area (Å²) < 4.78 is 4.01. The summed E-state index contributed by atoms with van der Waals surface area (Å²) in [7, 11) is 1.99. The summed E-state index contributed by atoms with van der Waals surface area (Å²) in [6.07, 6.45) is 6.60. The molecule has 0 aliphatic carbocycles. The molecule has 2 heterocycles. The zero-order valence-electron chi connectivity index (χ0n) is 10.4. The van der Waals surface area contributed by atoms with Crippen LogP contribution >= 0.6 is 0 Å². The average molecular weight is 233 g/mol. The molecule has 17 heavy (non-hydrogen) atoms. The smallest absolute Gasteiger partial charge is 0.0946 e. The fourth-order valence-electron chi connectivity index (χ4n) is 1.75. The van der Waals surface area contributed by atoms with Gasteiger partial charge in [0.25, 0.3) is 0 Å². The summed E-state index contributed by atoms with van der Waals surface area (Å²) >= 11 is 0. The molecule has 0 spiro atoms. The number of imidazole rings is 1. The number of rotatable bonds is 6. The molecule has 92 valence electrons. The molecule has 0 fully saturated rings. The molecule has 0 amide bonds. The van der Waals surface area contributed by atoms with Crippen LogP contribution in [-0.4, -0.2) is 25.9 Å². The van der Waals surface area contributed by atoms with Gasteiger partial charge >= 0.3 is 0 Å². The maximum absolute atomic E-state index is 4.42. The van der Waals surface area contributed by atoms with Gasteiger partial charge in [0.05, 0.1) is 17.7 Å². The first kappa shape index (κ1) is 11.9. The maximum Gasteiger partial charge on any atom is 0.0946 e. The van der Waals surface area contributed by atoms with Gasteiger partial charge < -0.3 is 9.88 Å². The van der Waals surface area contributed by atoms with Crippen LogP contribution < -0.4 is 5.32 Å². The molecule has 2 aromatic heterocycles. The number of aryl methyl sites for hydroxylation is 2. The summed E-state index contributed by atoms with van der Waals surface area (Å²) in [6.45, 7) is 4.86. The van der Waals surface area contributed by atoms with E-state index in [0.717, 1.165) is 31.7 Å². The topological polar surface area (TPSA) is 47.7 Å². The summed E-state index contributed by atoms with van der Waals surface area (Å²) in [5, 5.41) is 7.83. The van der Waals surface area contributed by atoms with Crippen molar-refractivity contribution < 1.29 is 0 Å². The van der Waals surface area contributed by atoms with Crippen LogP contribution in [0.15, 0.2) is 24.8 Å². The van der Waals surface area contributed by atoms with E-state index < -0.39 is 0 Å². The van der Waals surface area contributed by atoms with E-state index in [4.69, 9.17) is 0 Å². The van der Waals surface area contributed by atoms with Crippen LogP contribution in [-0.2, 0) is 26.6 Å². The fraction of sp³-hybridized carbons (Fsp3) is 0.500. The second-order valence-electron chi connectivity index (χ2n) is 4.08. The molecule has 0 bridgehead atoms. The van der Waals surface area contributed by atoms with Gasteiger partial charge in [-0.15, -0.1) is 0 Å². The Labute approximate surface area is 101 Å². The second kappa shape index (κ2) is 5.63. The second-order valence-corrected chi connectivity index (χ2v) is 4.08. The molecule has 0 atom stereocenters. The van der Waals surface area contributed by atoms with Crippen molar-refractivity contribution in [2.45, 2.75) is 26.4 Å². The molecule has 2 rings (SSSR count). The zero-order chi connectivity index (χ0) is 12.1. The third-order valence-corrected chi connectivity index (χ3v) is 2.80. The van der Waals surface area contributed by atoms with Gasteiger partial charge in [-0.25, -0.2) is 4.98 Å². The molecule has 0 unspecified atom stereocenters. The van der Waals surface area contributed by atoms with E-state index in [2.05, 4.69) is 33.0 Å². The zero-order valence-corrected chi connectivity index (χ0v) is 10.4. The van der Waals surface area contributed by atoms with Gasteiger partial charge in [0, 0.05) is 39.1 Å². The van der Waals surface area contributed by atoms with E-state index in [1.54, 1.807) is 6.20 Å². The van der Waals surface area contributed by atoms with Crippen molar-refractivity contribution in [1.29, 1.82) is 0 Å². The highest BCUT2D eigenvalue weighted by molar-refractivity contribution is 5.09. The number of aromatic nitrogens is 4. The lowest BCUT2D eigenvalue weighted by Crippen LogP contribution is -2.20. The van der Waals surface area contributed by atoms with Crippen molar-refractivity contribution >= 4 is 0 Å². The lowest BCUT2D eigenvalue weighted by molar-refractivity contribution is 0.573. The fourth-order valence-corrected chi connectivity index (χ4v) is 1.75. The van der Waals surface area contributed by atoms with Crippen molar-refractivity contribution in [1.82, 2.24) is 24.6 Å². The monoisotopic (exact) mass is 233 g/mol. The minimum absolute atomic E-state index is 0.859. The van der Waals surface area contributed by atoms with Crippen molar-refractivity contribution in [3.05, 3.63) is 36.2 Å². The maximum atomic E-state index is 4.42. The highest BCUT2D eigenvalue weighted by Crippen LogP contribution is 2.03. The summed E-state index contributed by atoms with van der Waals surface area (Å²) in [6, 6.07) is 2.16. The predicted molar refractivity (Wildman–Crippen MR) is 66.5 cm³/mol. The van der Waals surface area contributed by atoms with Crippen molar-refractivity contribution in [2.24, 2.45) is 7.05 Å². The minimum atomic E-state index is 0.859. The van der Waals surface area contributed by atoms with Crippen LogP contribution in [0.5, 0.6) is 0 Å². The van der Waals surface area contributed by atoms with E-state index in [1.807, 2.05) is 24.3 Å². The predicted octanol–water partition coefficient (Wildman–Crippen LogP) is 0.969. The normalized spacial score (nSPS) is 10.9. The Hall–Kier alpha value is -1.62. The first-order chi connectivity index (χ1) is 8.29. The molecule has 0 aliphatic heterocycles. The third-order valence-electron chi connectivity index (χ3n) is 2.80. The van der Waals surface area contributed by atoms with Crippen molar-refractivity contribution in [3.63, 3.8) is 0 Å². The van der Waals surface area contributed by atoms with Crippen LogP contribution in [0.3, 0.4) is 0 Å². The van der Waals surface area contributed by atoms with Crippen LogP contribution in [0.25, 0.3) is 0 Å². The lowest BCUT2D eigenvalue weighted by Gasteiger charge is -2.05. The van der Waals surface area contributed by atoms with Crippen LogP contribution in [0, 0.1) is 0 Å². The molecule has 0 saturated heterocycles.